The van der Waals surface area contributed by atoms with Crippen molar-refractivity contribution < 1.29 is 56.2 Å². The van der Waals surface area contributed by atoms with Crippen LogP contribution in [0.1, 0.15) is 194 Å². The second kappa shape index (κ2) is 37.4. The molecule has 1 aliphatic heterocycles. The summed E-state index contributed by atoms with van der Waals surface area (Å²) in [6.07, 6.45) is 32.1. The second-order valence-electron chi connectivity index (χ2n) is 16.0. The predicted octanol–water partition coefficient (Wildman–Crippen LogP) is 9.63. The van der Waals surface area contributed by atoms with Crippen molar-refractivity contribution in [3.05, 3.63) is 24.3 Å². The molecule has 0 amide bonds. The Morgan fingerprint density at radius 1 is 0.638 bits per heavy atom. The van der Waals surface area contributed by atoms with E-state index in [-0.39, 0.29) is 19.6 Å². The highest BCUT2D eigenvalue weighted by Crippen LogP contribution is 2.26. The summed E-state index contributed by atoms with van der Waals surface area (Å²) in [6, 6.07) is 0. The zero-order chi connectivity index (χ0) is 42.5. The summed E-state index contributed by atoms with van der Waals surface area (Å²) in [6.45, 7) is 3.95. The lowest BCUT2D eigenvalue weighted by molar-refractivity contribution is -0.301. The van der Waals surface area contributed by atoms with Crippen LogP contribution in [0.15, 0.2) is 24.3 Å². The van der Waals surface area contributed by atoms with Crippen LogP contribution in [0.2, 0.25) is 0 Å². The van der Waals surface area contributed by atoms with Gasteiger partial charge in [-0.15, -0.1) is 0 Å². The van der Waals surface area contributed by atoms with E-state index in [4.69, 9.17) is 23.5 Å². The van der Waals surface area contributed by atoms with Gasteiger partial charge in [-0.1, -0.05) is 147 Å². The van der Waals surface area contributed by atoms with E-state index >= 15 is 0 Å². The van der Waals surface area contributed by atoms with Crippen molar-refractivity contribution in [3.63, 3.8) is 0 Å². The Labute approximate surface area is 352 Å². The van der Waals surface area contributed by atoms with Crippen LogP contribution < -0.4 is 0 Å². The van der Waals surface area contributed by atoms with E-state index < -0.39 is 59.8 Å². The molecule has 1 aliphatic rings. The molecule has 1 saturated heterocycles. The summed E-state index contributed by atoms with van der Waals surface area (Å²) in [7, 11) is -5.06. The fraction of sp³-hybridized carbons (Fsp3) is 0.889. The summed E-state index contributed by atoms with van der Waals surface area (Å²) in [4.78, 5) is 12.8. The minimum absolute atomic E-state index is 0.0328. The molecule has 1 rings (SSSR count). The maximum atomic E-state index is 12.8. The lowest BCUT2D eigenvalue weighted by Crippen LogP contribution is -2.60. The summed E-state index contributed by atoms with van der Waals surface area (Å²) in [5, 5.41) is 30.6. The zero-order valence-corrected chi connectivity index (χ0v) is 37.2. The molecule has 0 aliphatic carbocycles. The van der Waals surface area contributed by atoms with Gasteiger partial charge in [-0.3, -0.25) is 9.35 Å². The Morgan fingerprint density at radius 2 is 1.09 bits per heavy atom. The number of esters is 1. The van der Waals surface area contributed by atoms with Crippen molar-refractivity contribution in [2.45, 2.75) is 230 Å². The van der Waals surface area contributed by atoms with Crippen molar-refractivity contribution in [2.24, 2.45) is 0 Å². The van der Waals surface area contributed by atoms with Gasteiger partial charge in [0.25, 0.3) is 0 Å². The summed E-state index contributed by atoms with van der Waals surface area (Å²) in [5.74, 6) is -0.409. The van der Waals surface area contributed by atoms with Crippen LogP contribution in [0.3, 0.4) is 0 Å². The van der Waals surface area contributed by atoms with Crippen molar-refractivity contribution in [2.75, 3.05) is 26.4 Å². The number of ether oxygens (including phenoxy) is 4. The first-order valence-corrected chi connectivity index (χ1v) is 24.5. The molecule has 0 bridgehead atoms. The molecule has 13 heteroatoms. The fourth-order valence-corrected chi connectivity index (χ4v) is 7.52. The third-order valence-corrected chi connectivity index (χ3v) is 11.0. The van der Waals surface area contributed by atoms with Gasteiger partial charge in [-0.25, -0.2) is 4.18 Å². The smallest absolute Gasteiger partial charge is 0.397 e. The maximum Gasteiger partial charge on any atom is 0.397 e. The molecule has 0 aromatic carbocycles. The first kappa shape index (κ1) is 54.6. The standard InChI is InChI=1S/C45H84O12S/c1-3-5-7-9-11-13-15-17-18-19-20-21-22-23-25-27-29-31-33-35-53-37-39(55-41(47)34-32-30-28-26-24-16-14-12-10-8-6-4-2)38-54-45-43(49)44(57-58(50,51)52)42(48)40(36-46)56-45/h12,14,18-19,39-40,42-46,48-49H,3-11,13,15-17,20-38H2,1-2H3,(H,50,51,52)/b14-12-,19-18-. The molecule has 0 saturated carbocycles. The SMILES string of the molecule is CCCCC/C=C\CCCCCCCC(=O)OC(COCCCCCCCCCC/C=C\CCCCCCCCC)COC1OC(CO)C(O)C(OS(=O)(=O)O)C1O. The highest BCUT2D eigenvalue weighted by atomic mass is 32.3. The van der Waals surface area contributed by atoms with E-state index in [9.17, 15) is 28.5 Å². The molecule has 6 unspecified atom stereocenters. The van der Waals surface area contributed by atoms with E-state index in [1.807, 2.05) is 0 Å². The fourth-order valence-electron chi connectivity index (χ4n) is 7.01. The molecular formula is C45H84O12S. The Kier molecular flexibility index (Phi) is 35.2. The Morgan fingerprint density at radius 3 is 1.59 bits per heavy atom. The normalized spacial score (nSPS) is 20.7. The highest BCUT2D eigenvalue weighted by Gasteiger charge is 2.48. The number of rotatable bonds is 40. The number of carbonyl (C=O) groups is 1. The van der Waals surface area contributed by atoms with Crippen LogP contribution in [-0.2, 0) is 38.3 Å². The van der Waals surface area contributed by atoms with Crippen molar-refractivity contribution >= 4 is 16.4 Å². The lowest BCUT2D eigenvalue weighted by Gasteiger charge is -2.41. The van der Waals surface area contributed by atoms with Crippen LogP contribution in [0.25, 0.3) is 0 Å². The molecular weight excluding hydrogens is 765 g/mol. The van der Waals surface area contributed by atoms with Crippen molar-refractivity contribution in [1.82, 2.24) is 0 Å². The third-order valence-electron chi connectivity index (χ3n) is 10.5. The average Bonchev–Trinajstić information content (AvgIpc) is 3.19. The van der Waals surface area contributed by atoms with E-state index in [1.165, 1.54) is 109 Å². The number of allylic oxidation sites excluding steroid dienone is 4. The maximum absolute atomic E-state index is 12.8. The van der Waals surface area contributed by atoms with Gasteiger partial charge in [0.1, 0.15) is 30.5 Å². The molecule has 6 atom stereocenters. The molecule has 12 nitrogen and oxygen atoms in total. The van der Waals surface area contributed by atoms with Crippen molar-refractivity contribution in [3.8, 4) is 0 Å². The Bertz CT molecular complexity index is 1120. The first-order chi connectivity index (χ1) is 28.1. The van der Waals surface area contributed by atoms with Gasteiger partial charge in [0.2, 0.25) is 0 Å². The number of hydrogen-bond acceptors (Lipinski definition) is 11. The molecule has 1 fully saturated rings. The van der Waals surface area contributed by atoms with E-state index in [1.54, 1.807) is 0 Å². The van der Waals surface area contributed by atoms with Crippen LogP contribution in [0, 0.1) is 0 Å². The van der Waals surface area contributed by atoms with Gasteiger partial charge >= 0.3 is 16.4 Å². The van der Waals surface area contributed by atoms with E-state index in [0.29, 0.717) is 13.0 Å². The highest BCUT2D eigenvalue weighted by molar-refractivity contribution is 7.80. The average molecular weight is 849 g/mol. The number of carbonyl (C=O) groups excluding carboxylic acids is 1. The molecule has 342 valence electrons. The van der Waals surface area contributed by atoms with Gasteiger partial charge in [0.05, 0.1) is 19.8 Å². The molecule has 1 heterocycles. The van der Waals surface area contributed by atoms with E-state index in [2.05, 4.69) is 42.3 Å². The molecule has 58 heavy (non-hydrogen) atoms. The number of hydrogen-bond donors (Lipinski definition) is 4. The Hall–Kier alpha value is -1.42. The second-order valence-corrected chi connectivity index (χ2v) is 17.0. The van der Waals surface area contributed by atoms with Gasteiger partial charge < -0.3 is 34.3 Å². The van der Waals surface area contributed by atoms with Gasteiger partial charge in [0, 0.05) is 13.0 Å². The predicted molar refractivity (Wildman–Crippen MR) is 230 cm³/mol. The quantitative estimate of drug-likeness (QED) is 0.0199. The Balaban J connectivity index is 2.40. The van der Waals surface area contributed by atoms with Gasteiger partial charge in [-0.2, -0.15) is 8.42 Å². The molecule has 0 aromatic heterocycles. The summed E-state index contributed by atoms with van der Waals surface area (Å²) in [5.41, 5.74) is 0. The topological polar surface area (TPSA) is 178 Å². The van der Waals surface area contributed by atoms with Gasteiger partial charge in [-0.05, 0) is 64.2 Å². The van der Waals surface area contributed by atoms with Crippen LogP contribution in [0.5, 0.6) is 0 Å². The first-order valence-electron chi connectivity index (χ1n) is 23.1. The van der Waals surface area contributed by atoms with Crippen LogP contribution >= 0.6 is 0 Å². The largest absolute Gasteiger partial charge is 0.457 e. The summed E-state index contributed by atoms with van der Waals surface area (Å²) < 4.78 is 59.0. The van der Waals surface area contributed by atoms with Gasteiger partial charge in [0.15, 0.2) is 6.29 Å². The molecule has 4 N–H and O–H groups in total. The lowest BCUT2D eigenvalue weighted by atomic mass is 9.99. The molecule has 0 radical (unpaired) electrons. The zero-order valence-electron chi connectivity index (χ0n) is 36.4. The number of aliphatic hydroxyl groups excluding tert-OH is 3. The third kappa shape index (κ3) is 30.6. The molecule has 0 spiro atoms. The summed E-state index contributed by atoms with van der Waals surface area (Å²) >= 11 is 0. The number of unbranched alkanes of at least 4 members (excludes halogenated alkanes) is 23. The molecule has 0 aromatic rings. The van der Waals surface area contributed by atoms with Crippen molar-refractivity contribution in [1.29, 1.82) is 0 Å². The minimum Gasteiger partial charge on any atom is -0.457 e. The number of aliphatic hydroxyl groups is 3. The minimum atomic E-state index is -5.06. The van der Waals surface area contributed by atoms with Crippen LogP contribution in [-0.4, -0.2) is 97.5 Å². The monoisotopic (exact) mass is 849 g/mol. The van der Waals surface area contributed by atoms with Crippen LogP contribution in [0.4, 0.5) is 0 Å². The van der Waals surface area contributed by atoms with E-state index in [0.717, 1.165) is 57.8 Å².